The van der Waals surface area contributed by atoms with Gasteiger partial charge in [-0.1, -0.05) is 24.4 Å². The van der Waals surface area contributed by atoms with E-state index in [1.54, 1.807) is 0 Å². The van der Waals surface area contributed by atoms with E-state index in [4.69, 9.17) is 4.52 Å². The highest BCUT2D eigenvalue weighted by molar-refractivity contribution is 5.85. The molecule has 5 heteroatoms. The smallest absolute Gasteiger partial charge is 0.226 e. The summed E-state index contributed by atoms with van der Waals surface area (Å²) in [7, 11) is 0. The lowest BCUT2D eigenvalue weighted by atomic mass is 9.89. The average Bonchev–Trinajstić information content (AvgIpc) is 3.09. The second kappa shape index (κ2) is 7.25. The van der Waals surface area contributed by atoms with Gasteiger partial charge in [-0.3, -0.25) is 0 Å². The number of hydrogen-bond acceptors (Lipinski definition) is 4. The van der Waals surface area contributed by atoms with Crippen LogP contribution in [0.5, 0.6) is 0 Å². The van der Waals surface area contributed by atoms with Gasteiger partial charge in [0.2, 0.25) is 5.89 Å². The second-order valence-electron chi connectivity index (χ2n) is 5.78. The monoisotopic (exact) mass is 285 g/mol. The summed E-state index contributed by atoms with van der Waals surface area (Å²) in [5.74, 6) is 3.18. The molecule has 1 N–H and O–H groups in total. The van der Waals surface area contributed by atoms with Crippen LogP contribution in [0.1, 0.15) is 62.6 Å². The summed E-state index contributed by atoms with van der Waals surface area (Å²) in [5, 5.41) is 7.58. The minimum absolute atomic E-state index is 0. The summed E-state index contributed by atoms with van der Waals surface area (Å²) < 4.78 is 5.40. The molecule has 19 heavy (non-hydrogen) atoms. The predicted octanol–water partition coefficient (Wildman–Crippen LogP) is 3.08. The molecule has 0 bridgehead atoms. The lowest BCUT2D eigenvalue weighted by Crippen LogP contribution is -2.09. The van der Waals surface area contributed by atoms with Crippen molar-refractivity contribution < 1.29 is 4.52 Å². The SMILES string of the molecule is C1CCC(c2noc(CCC3CCNC3)n2)CC1.Cl. The van der Waals surface area contributed by atoms with Crippen LogP contribution in [0.2, 0.25) is 0 Å². The lowest BCUT2D eigenvalue weighted by Gasteiger charge is -2.17. The Morgan fingerprint density at radius 2 is 2.00 bits per heavy atom. The van der Waals surface area contributed by atoms with E-state index >= 15 is 0 Å². The summed E-state index contributed by atoms with van der Waals surface area (Å²) in [4.78, 5) is 4.60. The number of nitrogens with one attached hydrogen (secondary N) is 1. The molecule has 1 aliphatic heterocycles. The number of rotatable bonds is 4. The van der Waals surface area contributed by atoms with Gasteiger partial charge in [-0.2, -0.15) is 4.98 Å². The van der Waals surface area contributed by atoms with Crippen LogP contribution in [0.4, 0.5) is 0 Å². The number of halogens is 1. The summed E-state index contributed by atoms with van der Waals surface area (Å²) in [6.07, 6.45) is 9.92. The molecule has 0 spiro atoms. The number of aryl methyl sites for hydroxylation is 1. The fraction of sp³-hybridized carbons (Fsp3) is 0.857. The van der Waals surface area contributed by atoms with Crippen LogP contribution >= 0.6 is 12.4 Å². The van der Waals surface area contributed by atoms with E-state index in [0.29, 0.717) is 5.92 Å². The van der Waals surface area contributed by atoms with Gasteiger partial charge in [0, 0.05) is 12.3 Å². The molecule has 4 nitrogen and oxygen atoms in total. The van der Waals surface area contributed by atoms with Gasteiger partial charge >= 0.3 is 0 Å². The van der Waals surface area contributed by atoms with Gasteiger partial charge in [0.25, 0.3) is 0 Å². The molecule has 0 aromatic carbocycles. The first-order valence-electron chi connectivity index (χ1n) is 7.45. The van der Waals surface area contributed by atoms with Crippen molar-refractivity contribution in [1.29, 1.82) is 0 Å². The molecule has 2 aliphatic rings. The molecule has 1 saturated carbocycles. The first kappa shape index (κ1) is 14.8. The third-order valence-corrected chi connectivity index (χ3v) is 4.38. The highest BCUT2D eigenvalue weighted by Crippen LogP contribution is 2.30. The molecule has 1 saturated heterocycles. The van der Waals surface area contributed by atoms with Crippen molar-refractivity contribution in [3.8, 4) is 0 Å². The molecule has 2 heterocycles. The van der Waals surface area contributed by atoms with Crippen molar-refractivity contribution in [2.24, 2.45) is 5.92 Å². The highest BCUT2D eigenvalue weighted by atomic mass is 35.5. The van der Waals surface area contributed by atoms with Crippen molar-refractivity contribution in [2.75, 3.05) is 13.1 Å². The third kappa shape index (κ3) is 3.93. The number of hydrogen-bond donors (Lipinski definition) is 1. The van der Waals surface area contributed by atoms with Gasteiger partial charge in [0.15, 0.2) is 5.82 Å². The maximum Gasteiger partial charge on any atom is 0.226 e. The van der Waals surface area contributed by atoms with Gasteiger partial charge in [-0.15, -0.1) is 12.4 Å². The van der Waals surface area contributed by atoms with E-state index in [0.717, 1.165) is 30.6 Å². The Balaban J connectivity index is 0.00000133. The number of aromatic nitrogens is 2. The lowest BCUT2D eigenvalue weighted by molar-refractivity contribution is 0.349. The zero-order valence-electron chi connectivity index (χ0n) is 11.4. The minimum atomic E-state index is 0. The van der Waals surface area contributed by atoms with Crippen LogP contribution in [0.15, 0.2) is 4.52 Å². The fourth-order valence-corrected chi connectivity index (χ4v) is 3.18. The van der Waals surface area contributed by atoms with E-state index in [2.05, 4.69) is 15.5 Å². The predicted molar refractivity (Wildman–Crippen MR) is 76.7 cm³/mol. The molecule has 108 valence electrons. The maximum atomic E-state index is 5.40. The molecule has 1 aliphatic carbocycles. The summed E-state index contributed by atoms with van der Waals surface area (Å²) in [5.41, 5.74) is 0. The summed E-state index contributed by atoms with van der Waals surface area (Å²) in [6.45, 7) is 2.32. The quantitative estimate of drug-likeness (QED) is 0.924. The summed E-state index contributed by atoms with van der Waals surface area (Å²) >= 11 is 0. The van der Waals surface area contributed by atoms with Crippen LogP contribution in [-0.4, -0.2) is 23.2 Å². The summed E-state index contributed by atoms with van der Waals surface area (Å²) in [6, 6.07) is 0. The normalized spacial score (nSPS) is 24.3. The van der Waals surface area contributed by atoms with Crippen LogP contribution in [0.25, 0.3) is 0 Å². The van der Waals surface area contributed by atoms with Gasteiger partial charge < -0.3 is 9.84 Å². The van der Waals surface area contributed by atoms with Crippen LogP contribution in [-0.2, 0) is 6.42 Å². The first-order valence-corrected chi connectivity index (χ1v) is 7.45. The average molecular weight is 286 g/mol. The Labute approximate surface area is 121 Å². The third-order valence-electron chi connectivity index (χ3n) is 4.38. The minimum Gasteiger partial charge on any atom is -0.339 e. The molecule has 3 rings (SSSR count). The Kier molecular flexibility index (Phi) is 5.64. The van der Waals surface area contributed by atoms with Gasteiger partial charge in [-0.25, -0.2) is 0 Å². The zero-order chi connectivity index (χ0) is 12.2. The topological polar surface area (TPSA) is 51.0 Å². The van der Waals surface area contributed by atoms with Crippen LogP contribution < -0.4 is 5.32 Å². The van der Waals surface area contributed by atoms with E-state index in [1.807, 2.05) is 0 Å². The first-order chi connectivity index (χ1) is 8.92. The van der Waals surface area contributed by atoms with Crippen molar-refractivity contribution in [3.05, 3.63) is 11.7 Å². The van der Waals surface area contributed by atoms with Crippen molar-refractivity contribution in [3.63, 3.8) is 0 Å². The van der Waals surface area contributed by atoms with Crippen LogP contribution in [0.3, 0.4) is 0 Å². The van der Waals surface area contributed by atoms with E-state index in [1.165, 1.54) is 51.5 Å². The van der Waals surface area contributed by atoms with Gasteiger partial charge in [-0.05, 0) is 44.7 Å². The van der Waals surface area contributed by atoms with Crippen molar-refractivity contribution in [1.82, 2.24) is 15.5 Å². The second-order valence-corrected chi connectivity index (χ2v) is 5.78. The van der Waals surface area contributed by atoms with Gasteiger partial charge in [0.1, 0.15) is 0 Å². The Morgan fingerprint density at radius 1 is 1.16 bits per heavy atom. The Bertz CT molecular complexity index is 371. The van der Waals surface area contributed by atoms with Gasteiger partial charge in [0.05, 0.1) is 0 Å². The molecule has 2 fully saturated rings. The molecule has 1 aromatic rings. The van der Waals surface area contributed by atoms with Crippen molar-refractivity contribution in [2.45, 2.75) is 57.3 Å². The number of nitrogens with zero attached hydrogens (tertiary/aromatic N) is 2. The molecular weight excluding hydrogens is 262 g/mol. The zero-order valence-corrected chi connectivity index (χ0v) is 12.3. The molecule has 0 radical (unpaired) electrons. The van der Waals surface area contributed by atoms with Crippen LogP contribution in [0, 0.1) is 5.92 Å². The molecular formula is C14H24ClN3O. The van der Waals surface area contributed by atoms with E-state index in [9.17, 15) is 0 Å². The standard InChI is InChI=1S/C14H23N3O.ClH/c1-2-4-12(5-3-1)14-16-13(18-17-14)7-6-11-8-9-15-10-11;/h11-12,15H,1-10H2;1H. The van der Waals surface area contributed by atoms with E-state index in [-0.39, 0.29) is 12.4 Å². The van der Waals surface area contributed by atoms with E-state index < -0.39 is 0 Å². The molecule has 1 atom stereocenters. The van der Waals surface area contributed by atoms with Crippen molar-refractivity contribution >= 4 is 12.4 Å². The maximum absolute atomic E-state index is 5.40. The molecule has 1 unspecified atom stereocenters. The molecule has 1 aromatic heterocycles. The Morgan fingerprint density at radius 3 is 2.74 bits per heavy atom. The highest BCUT2D eigenvalue weighted by Gasteiger charge is 2.21. The Hall–Kier alpha value is -0.610. The molecule has 0 amide bonds. The fourth-order valence-electron chi connectivity index (χ4n) is 3.18. The largest absolute Gasteiger partial charge is 0.339 e.